The van der Waals surface area contributed by atoms with Crippen LogP contribution in [-0.2, 0) is 4.79 Å². The predicted octanol–water partition coefficient (Wildman–Crippen LogP) is 2.46. The zero-order valence-corrected chi connectivity index (χ0v) is 13.7. The third-order valence-corrected chi connectivity index (χ3v) is 3.72. The van der Waals surface area contributed by atoms with Crippen molar-refractivity contribution in [3.63, 3.8) is 0 Å². The molecule has 0 aliphatic carbocycles. The van der Waals surface area contributed by atoms with Crippen molar-refractivity contribution in [3.05, 3.63) is 64.6 Å². The molecular weight excluding hydrogens is 310 g/mol. The standard InChI is InChI=1S/C17H19N3O2S/c1-2-3-15(20-10-8-14(21)9-11-20)17(22)19-13-6-4-12(5-7-13)16(18)23/h4-11,15H,2-3H2,1H3,(H2,18,23)(H,19,22). The molecule has 0 aliphatic heterocycles. The number of pyridine rings is 1. The van der Waals surface area contributed by atoms with Gasteiger partial charge in [0.2, 0.25) is 5.91 Å². The minimum Gasteiger partial charge on any atom is -0.389 e. The van der Waals surface area contributed by atoms with Crippen molar-refractivity contribution in [2.75, 3.05) is 5.32 Å². The van der Waals surface area contributed by atoms with E-state index in [0.29, 0.717) is 17.1 Å². The molecule has 120 valence electrons. The van der Waals surface area contributed by atoms with Crippen LogP contribution in [0.1, 0.15) is 31.4 Å². The fourth-order valence-electron chi connectivity index (χ4n) is 2.26. The SMILES string of the molecule is CCCC(C(=O)Nc1ccc(C(N)=S)cc1)n1ccc(=O)cc1. The van der Waals surface area contributed by atoms with Gasteiger partial charge in [0.25, 0.3) is 0 Å². The number of rotatable bonds is 6. The molecule has 6 heteroatoms. The van der Waals surface area contributed by atoms with Crippen molar-refractivity contribution in [1.82, 2.24) is 4.57 Å². The number of anilines is 1. The summed E-state index contributed by atoms with van der Waals surface area (Å²) < 4.78 is 1.75. The second kappa shape index (κ2) is 7.69. The number of benzene rings is 1. The summed E-state index contributed by atoms with van der Waals surface area (Å²) in [5.41, 5.74) is 6.91. The maximum atomic E-state index is 12.5. The number of carbonyl (C=O) groups excluding carboxylic acids is 1. The van der Waals surface area contributed by atoms with Gasteiger partial charge >= 0.3 is 0 Å². The summed E-state index contributed by atoms with van der Waals surface area (Å²) in [6.07, 6.45) is 4.81. The molecule has 0 aliphatic rings. The van der Waals surface area contributed by atoms with E-state index in [-0.39, 0.29) is 17.4 Å². The molecule has 3 N–H and O–H groups in total. The second-order valence-electron chi connectivity index (χ2n) is 5.22. The Hall–Kier alpha value is -2.47. The first kappa shape index (κ1) is 16.9. The van der Waals surface area contributed by atoms with E-state index in [2.05, 4.69) is 5.32 Å². The number of nitrogens with two attached hydrogens (primary N) is 1. The predicted molar refractivity (Wildman–Crippen MR) is 95.6 cm³/mol. The van der Waals surface area contributed by atoms with Gasteiger partial charge in [-0.3, -0.25) is 9.59 Å². The summed E-state index contributed by atoms with van der Waals surface area (Å²) in [4.78, 5) is 24.1. The van der Waals surface area contributed by atoms with E-state index in [0.717, 1.165) is 12.0 Å². The Bertz CT molecular complexity index is 733. The van der Waals surface area contributed by atoms with Crippen molar-refractivity contribution in [1.29, 1.82) is 0 Å². The average molecular weight is 329 g/mol. The van der Waals surface area contributed by atoms with E-state index in [4.69, 9.17) is 18.0 Å². The largest absolute Gasteiger partial charge is 0.389 e. The molecule has 2 rings (SSSR count). The zero-order chi connectivity index (χ0) is 16.8. The van der Waals surface area contributed by atoms with Gasteiger partial charge in [-0.05, 0) is 30.7 Å². The van der Waals surface area contributed by atoms with Crippen LogP contribution in [0.25, 0.3) is 0 Å². The van der Waals surface area contributed by atoms with Gasteiger partial charge in [-0.2, -0.15) is 0 Å². The van der Waals surface area contributed by atoms with Crippen molar-refractivity contribution in [3.8, 4) is 0 Å². The van der Waals surface area contributed by atoms with Gasteiger partial charge < -0.3 is 15.6 Å². The molecular formula is C17H19N3O2S. The summed E-state index contributed by atoms with van der Waals surface area (Å²) in [5.74, 6) is -0.126. The lowest BCUT2D eigenvalue weighted by molar-refractivity contribution is -0.119. The molecule has 0 fully saturated rings. The quantitative estimate of drug-likeness (QED) is 0.798. The molecule has 1 aromatic heterocycles. The zero-order valence-electron chi connectivity index (χ0n) is 12.9. The van der Waals surface area contributed by atoms with Gasteiger partial charge in [-0.1, -0.05) is 25.6 Å². The first-order chi connectivity index (χ1) is 11.0. The fraction of sp³-hybridized carbons (Fsp3) is 0.235. The Morgan fingerprint density at radius 3 is 2.35 bits per heavy atom. The van der Waals surface area contributed by atoms with Crippen molar-refractivity contribution in [2.45, 2.75) is 25.8 Å². The molecule has 1 atom stereocenters. The average Bonchev–Trinajstić information content (AvgIpc) is 2.54. The third kappa shape index (κ3) is 4.50. The smallest absolute Gasteiger partial charge is 0.247 e. The number of hydrogen-bond acceptors (Lipinski definition) is 3. The Morgan fingerprint density at radius 1 is 1.22 bits per heavy atom. The van der Waals surface area contributed by atoms with Crippen molar-refractivity contribution >= 4 is 28.8 Å². The molecule has 0 saturated carbocycles. The van der Waals surface area contributed by atoms with Crippen LogP contribution in [0.15, 0.2) is 53.6 Å². The van der Waals surface area contributed by atoms with Gasteiger partial charge in [-0.15, -0.1) is 0 Å². The van der Waals surface area contributed by atoms with Crippen LogP contribution in [0.4, 0.5) is 5.69 Å². The summed E-state index contributed by atoms with van der Waals surface area (Å²) in [6.45, 7) is 2.01. The number of amides is 1. The highest BCUT2D eigenvalue weighted by Crippen LogP contribution is 2.17. The number of carbonyl (C=O) groups is 1. The topological polar surface area (TPSA) is 77.1 Å². The van der Waals surface area contributed by atoms with Crippen LogP contribution in [-0.4, -0.2) is 15.5 Å². The number of nitrogens with zero attached hydrogens (tertiary/aromatic N) is 1. The first-order valence-electron chi connectivity index (χ1n) is 7.40. The van der Waals surface area contributed by atoms with Crippen LogP contribution in [0.5, 0.6) is 0 Å². The summed E-state index contributed by atoms with van der Waals surface area (Å²) in [6, 6.07) is 9.61. The van der Waals surface area contributed by atoms with Crippen molar-refractivity contribution in [2.24, 2.45) is 5.73 Å². The number of nitrogens with one attached hydrogen (secondary N) is 1. The van der Waals surface area contributed by atoms with Crippen molar-refractivity contribution < 1.29 is 4.79 Å². The second-order valence-corrected chi connectivity index (χ2v) is 5.66. The molecule has 5 nitrogen and oxygen atoms in total. The van der Waals surface area contributed by atoms with Crippen LogP contribution < -0.4 is 16.5 Å². The number of thiocarbonyl (C=S) groups is 1. The molecule has 1 unspecified atom stereocenters. The highest BCUT2D eigenvalue weighted by atomic mass is 32.1. The molecule has 1 aromatic carbocycles. The Morgan fingerprint density at radius 2 is 1.83 bits per heavy atom. The number of aromatic nitrogens is 1. The lowest BCUT2D eigenvalue weighted by Crippen LogP contribution is -2.26. The molecule has 0 radical (unpaired) electrons. The molecule has 0 saturated heterocycles. The Labute approximate surface area is 140 Å². The fourth-order valence-corrected chi connectivity index (χ4v) is 2.40. The Kier molecular flexibility index (Phi) is 5.65. The normalized spacial score (nSPS) is 11.7. The van der Waals surface area contributed by atoms with Crippen LogP contribution in [0, 0.1) is 0 Å². The summed E-state index contributed by atoms with van der Waals surface area (Å²) in [5, 5.41) is 2.88. The molecule has 23 heavy (non-hydrogen) atoms. The molecule has 1 amide bonds. The lowest BCUT2D eigenvalue weighted by Gasteiger charge is -2.19. The first-order valence-corrected chi connectivity index (χ1v) is 7.80. The van der Waals surface area contributed by atoms with E-state index in [1.807, 2.05) is 6.92 Å². The van der Waals surface area contributed by atoms with Gasteiger partial charge in [0, 0.05) is 35.8 Å². The minimum absolute atomic E-state index is 0.0785. The highest BCUT2D eigenvalue weighted by molar-refractivity contribution is 7.80. The summed E-state index contributed by atoms with van der Waals surface area (Å²) in [7, 11) is 0. The lowest BCUT2D eigenvalue weighted by atomic mass is 10.1. The maximum Gasteiger partial charge on any atom is 0.247 e. The van der Waals surface area contributed by atoms with E-state index >= 15 is 0 Å². The van der Waals surface area contributed by atoms with E-state index < -0.39 is 0 Å². The van der Waals surface area contributed by atoms with E-state index in [1.165, 1.54) is 12.1 Å². The Balaban J connectivity index is 2.16. The van der Waals surface area contributed by atoms with Gasteiger partial charge in [-0.25, -0.2) is 0 Å². The van der Waals surface area contributed by atoms with E-state index in [9.17, 15) is 9.59 Å². The molecule has 2 aromatic rings. The van der Waals surface area contributed by atoms with Crippen LogP contribution in [0.2, 0.25) is 0 Å². The van der Waals surface area contributed by atoms with Gasteiger partial charge in [0.15, 0.2) is 5.43 Å². The monoisotopic (exact) mass is 329 g/mol. The number of hydrogen-bond donors (Lipinski definition) is 2. The third-order valence-electron chi connectivity index (χ3n) is 3.48. The summed E-state index contributed by atoms with van der Waals surface area (Å²) >= 11 is 4.91. The van der Waals surface area contributed by atoms with E-state index in [1.54, 1.807) is 41.2 Å². The minimum atomic E-state index is -0.365. The van der Waals surface area contributed by atoms with Crippen LogP contribution >= 0.6 is 12.2 Å². The highest BCUT2D eigenvalue weighted by Gasteiger charge is 2.18. The van der Waals surface area contributed by atoms with Gasteiger partial charge in [0.1, 0.15) is 11.0 Å². The van der Waals surface area contributed by atoms with Crippen LogP contribution in [0.3, 0.4) is 0 Å². The molecule has 1 heterocycles. The molecule has 0 spiro atoms. The molecule has 0 bridgehead atoms. The maximum absolute atomic E-state index is 12.5. The van der Waals surface area contributed by atoms with Gasteiger partial charge in [0.05, 0.1) is 0 Å².